The Morgan fingerprint density at radius 2 is 1.93 bits per heavy atom. The molecule has 2 aromatic rings. The Labute approximate surface area is 178 Å². The van der Waals surface area contributed by atoms with Crippen LogP contribution in [0.4, 0.5) is 4.79 Å². The molecule has 1 aromatic heterocycles. The van der Waals surface area contributed by atoms with Crippen LogP contribution >= 0.6 is 0 Å². The number of cyclic esters (lactones) is 1. The first-order chi connectivity index (χ1) is 14.1. The first kappa shape index (κ1) is 22.2. The third-order valence-corrected chi connectivity index (χ3v) is 6.93. The van der Waals surface area contributed by atoms with Crippen LogP contribution in [-0.2, 0) is 14.8 Å². The van der Waals surface area contributed by atoms with Crippen molar-refractivity contribution in [2.24, 2.45) is 0 Å². The van der Waals surface area contributed by atoms with Gasteiger partial charge in [0.15, 0.2) is 0 Å². The maximum absolute atomic E-state index is 12.6. The number of carbonyl (C=O) groups is 1. The normalized spacial score (nSPS) is 18.4. The zero-order chi connectivity index (χ0) is 21.9. The molecule has 3 rings (SSSR count). The number of carbonyl (C=O) groups excluding carboxylic acids is 1. The number of hydrogen-bond acceptors (Lipinski definition) is 5. The standard InChI is InChI=1S/C22H29N3O4S/c1-16-15-20(9-12-23-16)19-7-5-18(6-8-19)17(2)25-14-11-21(29-22(25)26)10-13-24(3)30(4,27)28/h5-9,12,15,17,21H,10-11,13-14H2,1-4H3/t17-,21+/m0/s1. The molecular formula is C22H29N3O4S. The van der Waals surface area contributed by atoms with Gasteiger partial charge < -0.3 is 9.64 Å². The lowest BCUT2D eigenvalue weighted by Gasteiger charge is -2.36. The second kappa shape index (κ2) is 9.14. The van der Waals surface area contributed by atoms with E-state index >= 15 is 0 Å². The van der Waals surface area contributed by atoms with Crippen LogP contribution in [0.1, 0.15) is 37.1 Å². The van der Waals surface area contributed by atoms with E-state index < -0.39 is 10.0 Å². The molecule has 2 atom stereocenters. The molecule has 0 aliphatic carbocycles. The minimum absolute atomic E-state index is 0.106. The van der Waals surface area contributed by atoms with Crippen molar-refractivity contribution in [1.82, 2.24) is 14.2 Å². The number of hydrogen-bond donors (Lipinski definition) is 0. The lowest BCUT2D eigenvalue weighted by molar-refractivity contribution is 0.00889. The number of benzene rings is 1. The zero-order valence-corrected chi connectivity index (χ0v) is 18.7. The number of sulfonamides is 1. The van der Waals surface area contributed by atoms with Crippen molar-refractivity contribution in [2.45, 2.75) is 38.8 Å². The third-order valence-electron chi connectivity index (χ3n) is 5.62. The van der Waals surface area contributed by atoms with Crippen molar-refractivity contribution in [3.8, 4) is 11.1 Å². The molecule has 162 valence electrons. The molecule has 1 fully saturated rings. The predicted molar refractivity (Wildman–Crippen MR) is 117 cm³/mol. The molecule has 0 saturated carbocycles. The van der Waals surface area contributed by atoms with Crippen LogP contribution in [0.5, 0.6) is 0 Å². The van der Waals surface area contributed by atoms with Crippen molar-refractivity contribution >= 4 is 16.1 Å². The van der Waals surface area contributed by atoms with E-state index in [9.17, 15) is 13.2 Å². The molecular weight excluding hydrogens is 402 g/mol. The number of ether oxygens (including phenoxy) is 1. The second-order valence-corrected chi connectivity index (χ2v) is 9.93. The second-order valence-electron chi connectivity index (χ2n) is 7.84. The van der Waals surface area contributed by atoms with E-state index in [2.05, 4.69) is 17.1 Å². The number of pyridine rings is 1. The van der Waals surface area contributed by atoms with Crippen molar-refractivity contribution in [2.75, 3.05) is 26.4 Å². The van der Waals surface area contributed by atoms with E-state index in [1.54, 1.807) is 11.1 Å². The molecule has 1 amide bonds. The fourth-order valence-corrected chi connectivity index (χ4v) is 3.99. The van der Waals surface area contributed by atoms with Crippen LogP contribution in [-0.4, -0.2) is 61.2 Å². The fourth-order valence-electron chi connectivity index (χ4n) is 3.55. The maximum Gasteiger partial charge on any atom is 0.410 e. The molecule has 2 heterocycles. The van der Waals surface area contributed by atoms with Gasteiger partial charge in [0.1, 0.15) is 6.10 Å². The van der Waals surface area contributed by atoms with Gasteiger partial charge in [-0.2, -0.15) is 0 Å². The molecule has 0 spiro atoms. The van der Waals surface area contributed by atoms with E-state index in [4.69, 9.17) is 4.74 Å². The summed E-state index contributed by atoms with van der Waals surface area (Å²) < 4.78 is 29.9. The Morgan fingerprint density at radius 1 is 1.23 bits per heavy atom. The molecule has 0 N–H and O–H groups in total. The summed E-state index contributed by atoms with van der Waals surface area (Å²) >= 11 is 0. The molecule has 0 unspecified atom stereocenters. The topological polar surface area (TPSA) is 79.8 Å². The number of nitrogens with zero attached hydrogens (tertiary/aromatic N) is 3. The van der Waals surface area contributed by atoms with Crippen LogP contribution in [0.2, 0.25) is 0 Å². The minimum atomic E-state index is -3.22. The summed E-state index contributed by atoms with van der Waals surface area (Å²) in [7, 11) is -1.69. The number of aryl methyl sites for hydroxylation is 1. The minimum Gasteiger partial charge on any atom is -0.446 e. The highest BCUT2D eigenvalue weighted by Gasteiger charge is 2.31. The van der Waals surface area contributed by atoms with Gasteiger partial charge in [0.25, 0.3) is 0 Å². The Morgan fingerprint density at radius 3 is 2.53 bits per heavy atom. The van der Waals surface area contributed by atoms with E-state index in [0.717, 1.165) is 22.4 Å². The molecule has 7 nitrogen and oxygen atoms in total. The van der Waals surface area contributed by atoms with Gasteiger partial charge in [0.05, 0.1) is 12.3 Å². The molecule has 30 heavy (non-hydrogen) atoms. The fraction of sp³-hybridized carbons (Fsp3) is 0.455. The van der Waals surface area contributed by atoms with Crippen LogP contribution in [0.15, 0.2) is 42.6 Å². The largest absolute Gasteiger partial charge is 0.446 e. The monoisotopic (exact) mass is 431 g/mol. The van der Waals surface area contributed by atoms with Crippen molar-refractivity contribution in [1.29, 1.82) is 0 Å². The number of aromatic nitrogens is 1. The summed E-state index contributed by atoms with van der Waals surface area (Å²) in [5, 5.41) is 0. The third kappa shape index (κ3) is 5.37. The summed E-state index contributed by atoms with van der Waals surface area (Å²) in [4.78, 5) is 18.5. The van der Waals surface area contributed by atoms with E-state index in [1.807, 2.05) is 38.1 Å². The first-order valence-corrected chi connectivity index (χ1v) is 11.9. The molecule has 8 heteroatoms. The Kier molecular flexibility index (Phi) is 6.77. The van der Waals surface area contributed by atoms with Gasteiger partial charge in [0, 0.05) is 38.4 Å². The van der Waals surface area contributed by atoms with Crippen LogP contribution < -0.4 is 0 Å². The maximum atomic E-state index is 12.6. The van der Waals surface area contributed by atoms with Crippen molar-refractivity contribution in [3.05, 3.63) is 53.9 Å². The highest BCUT2D eigenvalue weighted by molar-refractivity contribution is 7.88. The average molecular weight is 432 g/mol. The molecule has 1 aromatic carbocycles. The lowest BCUT2D eigenvalue weighted by Crippen LogP contribution is -2.44. The van der Waals surface area contributed by atoms with E-state index in [0.29, 0.717) is 25.9 Å². The Bertz CT molecular complexity index is 992. The van der Waals surface area contributed by atoms with Gasteiger partial charge in [-0.1, -0.05) is 24.3 Å². The van der Waals surface area contributed by atoms with Gasteiger partial charge in [-0.25, -0.2) is 17.5 Å². The predicted octanol–water partition coefficient (Wildman–Crippen LogP) is 3.61. The van der Waals surface area contributed by atoms with Gasteiger partial charge in [-0.15, -0.1) is 0 Å². The lowest BCUT2D eigenvalue weighted by atomic mass is 10.0. The summed E-state index contributed by atoms with van der Waals surface area (Å²) in [5.74, 6) is 0. The smallest absolute Gasteiger partial charge is 0.410 e. The molecule has 1 aliphatic rings. The van der Waals surface area contributed by atoms with Gasteiger partial charge >= 0.3 is 6.09 Å². The van der Waals surface area contributed by atoms with Crippen LogP contribution in [0.3, 0.4) is 0 Å². The summed E-state index contributed by atoms with van der Waals surface area (Å²) in [6.45, 7) is 4.87. The SMILES string of the molecule is Cc1cc(-c2ccc([C@H](C)N3CC[C@@H](CCN(C)S(C)(=O)=O)OC3=O)cc2)ccn1. The number of amides is 1. The summed E-state index contributed by atoms with van der Waals surface area (Å²) in [6.07, 6.45) is 3.54. The van der Waals surface area contributed by atoms with Gasteiger partial charge in [-0.3, -0.25) is 4.98 Å². The summed E-state index contributed by atoms with van der Waals surface area (Å²) in [5.41, 5.74) is 4.23. The van der Waals surface area contributed by atoms with E-state index in [1.165, 1.54) is 17.6 Å². The zero-order valence-electron chi connectivity index (χ0n) is 17.9. The number of rotatable bonds is 7. The highest BCUT2D eigenvalue weighted by atomic mass is 32.2. The van der Waals surface area contributed by atoms with Gasteiger partial charge in [0.2, 0.25) is 10.0 Å². The Hall–Kier alpha value is -2.45. The van der Waals surface area contributed by atoms with Crippen LogP contribution in [0, 0.1) is 6.92 Å². The van der Waals surface area contributed by atoms with E-state index in [-0.39, 0.29) is 18.2 Å². The molecule has 0 radical (unpaired) electrons. The molecule has 1 aliphatic heterocycles. The Balaban J connectivity index is 1.60. The van der Waals surface area contributed by atoms with Gasteiger partial charge in [-0.05, 0) is 49.1 Å². The average Bonchev–Trinajstić information content (AvgIpc) is 2.71. The molecule has 0 bridgehead atoms. The van der Waals surface area contributed by atoms with Crippen molar-refractivity contribution in [3.63, 3.8) is 0 Å². The first-order valence-electron chi connectivity index (χ1n) is 10.1. The molecule has 1 saturated heterocycles. The van der Waals surface area contributed by atoms with Crippen LogP contribution in [0.25, 0.3) is 11.1 Å². The van der Waals surface area contributed by atoms with Crippen molar-refractivity contribution < 1.29 is 17.9 Å². The highest BCUT2D eigenvalue weighted by Crippen LogP contribution is 2.28. The summed E-state index contributed by atoms with van der Waals surface area (Å²) in [6, 6.07) is 12.1. The quantitative estimate of drug-likeness (QED) is 0.669.